The van der Waals surface area contributed by atoms with E-state index in [9.17, 15) is 27.6 Å². The van der Waals surface area contributed by atoms with E-state index in [1.54, 1.807) is 11.8 Å². The van der Waals surface area contributed by atoms with Crippen LogP contribution in [0.2, 0.25) is 0 Å². The van der Waals surface area contributed by atoms with Gasteiger partial charge in [-0.05, 0) is 36.8 Å². The maximum Gasteiger partial charge on any atom is 0.257 e. The smallest absolute Gasteiger partial charge is 0.257 e. The lowest BCUT2D eigenvalue weighted by Gasteiger charge is -2.40. The van der Waals surface area contributed by atoms with Crippen LogP contribution in [0.5, 0.6) is 11.5 Å². The number of halogens is 4. The second-order valence-corrected chi connectivity index (χ2v) is 8.27. The maximum atomic E-state index is 14.6. The third-order valence-corrected chi connectivity index (χ3v) is 5.93. The summed E-state index contributed by atoms with van der Waals surface area (Å²) in [7, 11) is 0. The van der Waals surface area contributed by atoms with E-state index < -0.39 is 41.8 Å². The van der Waals surface area contributed by atoms with E-state index in [-0.39, 0.29) is 30.4 Å². The number of likely N-dealkylation sites (tertiary alicyclic amines) is 1. The summed E-state index contributed by atoms with van der Waals surface area (Å²) in [6.07, 6.45) is 3.18. The number of nitrogens with zero attached hydrogens (tertiary/aromatic N) is 3. The van der Waals surface area contributed by atoms with Crippen LogP contribution in [0.25, 0.3) is 0 Å². The van der Waals surface area contributed by atoms with Gasteiger partial charge in [-0.25, -0.2) is 22.5 Å². The van der Waals surface area contributed by atoms with Gasteiger partial charge < -0.3 is 15.3 Å². The minimum absolute atomic E-state index is 0.0237. The van der Waals surface area contributed by atoms with Crippen molar-refractivity contribution in [1.29, 1.82) is 0 Å². The Bertz CT molecular complexity index is 1190. The van der Waals surface area contributed by atoms with E-state index in [1.165, 1.54) is 42.9 Å². The quantitative estimate of drug-likeness (QED) is 0.318. The number of piperidine rings is 1. The highest BCUT2D eigenvalue weighted by atomic mass is 19.3. The van der Waals surface area contributed by atoms with Gasteiger partial charge in [-0.2, -0.15) is 4.73 Å². The Morgan fingerprint density at radius 3 is 2.63 bits per heavy atom. The van der Waals surface area contributed by atoms with Crippen molar-refractivity contribution < 1.29 is 31.8 Å². The molecule has 4 rings (SSSR count). The molecular weight excluding hydrogens is 468 g/mol. The van der Waals surface area contributed by atoms with Crippen LogP contribution < -0.4 is 14.8 Å². The summed E-state index contributed by atoms with van der Waals surface area (Å²) in [5, 5.41) is 13.9. The van der Waals surface area contributed by atoms with Gasteiger partial charge in [0.1, 0.15) is 17.4 Å². The summed E-state index contributed by atoms with van der Waals surface area (Å²) >= 11 is 0. The lowest BCUT2D eigenvalue weighted by atomic mass is 9.87. The van der Waals surface area contributed by atoms with Gasteiger partial charge in [0.15, 0.2) is 24.0 Å². The largest absolute Gasteiger partial charge is 0.619 e. The Morgan fingerprint density at radius 1 is 1.23 bits per heavy atom. The predicted molar refractivity (Wildman–Crippen MR) is 118 cm³/mol. The molecule has 0 saturated carbocycles. The summed E-state index contributed by atoms with van der Waals surface area (Å²) in [5.41, 5.74) is 0.328. The number of amides is 1. The normalized spacial score (nSPS) is 18.6. The van der Waals surface area contributed by atoms with Crippen molar-refractivity contribution in [2.45, 2.75) is 31.2 Å². The minimum atomic E-state index is -2.97. The highest BCUT2D eigenvalue weighted by Crippen LogP contribution is 2.40. The summed E-state index contributed by atoms with van der Waals surface area (Å²) in [6, 6.07) is 7.79. The molecule has 0 radical (unpaired) electrons. The van der Waals surface area contributed by atoms with Crippen LogP contribution >= 0.6 is 0 Å². The van der Waals surface area contributed by atoms with Gasteiger partial charge in [0.2, 0.25) is 5.91 Å². The van der Waals surface area contributed by atoms with Crippen molar-refractivity contribution in [2.75, 3.05) is 18.4 Å². The van der Waals surface area contributed by atoms with Gasteiger partial charge in [-0.15, -0.1) is 0 Å². The number of nitrogens with one attached hydrogen (secondary N) is 1. The number of carbonyl (C=O) groups is 1. The molecule has 11 heteroatoms. The van der Waals surface area contributed by atoms with Gasteiger partial charge in [0.25, 0.3) is 5.92 Å². The van der Waals surface area contributed by atoms with Crippen molar-refractivity contribution in [1.82, 2.24) is 9.88 Å². The van der Waals surface area contributed by atoms with E-state index >= 15 is 0 Å². The molecule has 1 aromatic carbocycles. The average molecular weight is 490 g/mol. The monoisotopic (exact) mass is 490 g/mol. The minimum Gasteiger partial charge on any atom is -0.619 e. The summed E-state index contributed by atoms with van der Waals surface area (Å²) < 4.78 is 61.8. The fraction of sp³-hybridized carbons (Fsp3) is 0.292. The first kappa shape index (κ1) is 24.4. The zero-order valence-electron chi connectivity index (χ0n) is 18.6. The molecule has 1 fully saturated rings. The molecule has 1 saturated heterocycles. The Morgan fingerprint density at radius 2 is 1.97 bits per heavy atom. The number of anilines is 1. The number of hydrogen-bond acceptors (Lipinski definition) is 5. The van der Waals surface area contributed by atoms with E-state index in [0.717, 1.165) is 12.1 Å². The summed E-state index contributed by atoms with van der Waals surface area (Å²) in [5.74, 6) is -5.99. The number of pyridine rings is 2. The van der Waals surface area contributed by atoms with Crippen molar-refractivity contribution in [2.24, 2.45) is 0 Å². The van der Waals surface area contributed by atoms with Gasteiger partial charge in [0, 0.05) is 37.7 Å². The first-order valence-electron chi connectivity index (χ1n) is 10.8. The fourth-order valence-corrected chi connectivity index (χ4v) is 3.88. The molecule has 1 aliphatic heterocycles. The van der Waals surface area contributed by atoms with Crippen molar-refractivity contribution in [3.05, 3.63) is 83.5 Å². The molecule has 184 valence electrons. The molecule has 1 N–H and O–H groups in total. The van der Waals surface area contributed by atoms with Crippen LogP contribution in [0.3, 0.4) is 0 Å². The number of benzene rings is 1. The topological polar surface area (TPSA) is 81.4 Å². The molecule has 1 amide bonds. The predicted octanol–water partition coefficient (Wildman–Crippen LogP) is 4.24. The number of aromatic nitrogens is 2. The highest BCUT2D eigenvalue weighted by molar-refractivity contribution is 5.93. The summed E-state index contributed by atoms with van der Waals surface area (Å²) in [6.45, 7) is 1.57. The Labute approximate surface area is 198 Å². The standard InChI is InChI=1S/C24H22F4N4O3/c1-15(31-11-8-24(27,28)19(14-31)16-6-9-32(34)10-7-16)23(33)30-22-5-3-18(13-29-22)35-21-4-2-17(25)12-20(21)26/h2-7,9-10,12-13,15,19H,8,11,14H2,1H3,(H,29,30,33)/t15?,19-/m1/s1. The fourth-order valence-electron chi connectivity index (χ4n) is 3.88. The molecule has 0 spiro atoms. The second kappa shape index (κ2) is 9.87. The van der Waals surface area contributed by atoms with Crippen LogP contribution in [0, 0.1) is 16.8 Å². The molecule has 35 heavy (non-hydrogen) atoms. The van der Waals surface area contributed by atoms with Gasteiger partial charge >= 0.3 is 0 Å². The van der Waals surface area contributed by atoms with Crippen LogP contribution in [0.1, 0.15) is 24.8 Å². The lowest BCUT2D eigenvalue weighted by molar-refractivity contribution is -0.605. The van der Waals surface area contributed by atoms with Gasteiger partial charge in [-0.3, -0.25) is 9.69 Å². The molecule has 2 aromatic heterocycles. The first-order valence-corrected chi connectivity index (χ1v) is 10.8. The Hall–Kier alpha value is -3.73. The van der Waals surface area contributed by atoms with Crippen LogP contribution in [0.4, 0.5) is 23.4 Å². The van der Waals surface area contributed by atoms with Crippen LogP contribution in [0.15, 0.2) is 61.1 Å². The molecule has 7 nitrogen and oxygen atoms in total. The van der Waals surface area contributed by atoms with Gasteiger partial charge in [0.05, 0.1) is 18.2 Å². The maximum absolute atomic E-state index is 14.6. The summed E-state index contributed by atoms with van der Waals surface area (Å²) in [4.78, 5) is 18.5. The molecule has 2 atom stereocenters. The highest BCUT2D eigenvalue weighted by Gasteiger charge is 2.46. The number of ether oxygens (including phenoxy) is 1. The van der Waals surface area contributed by atoms with Crippen LogP contribution in [-0.4, -0.2) is 40.8 Å². The third kappa shape index (κ3) is 5.68. The van der Waals surface area contributed by atoms with E-state index in [4.69, 9.17) is 4.74 Å². The zero-order chi connectivity index (χ0) is 25.2. The third-order valence-electron chi connectivity index (χ3n) is 5.93. The first-order chi connectivity index (χ1) is 16.6. The van der Waals surface area contributed by atoms with E-state index in [0.29, 0.717) is 16.4 Å². The number of hydrogen-bond donors (Lipinski definition) is 1. The number of rotatable bonds is 6. The molecule has 0 aliphatic carbocycles. The zero-order valence-corrected chi connectivity index (χ0v) is 18.6. The molecule has 1 aliphatic rings. The Kier molecular flexibility index (Phi) is 6.88. The lowest BCUT2D eigenvalue weighted by Crippen LogP contribution is -2.52. The average Bonchev–Trinajstić information content (AvgIpc) is 2.82. The van der Waals surface area contributed by atoms with Crippen molar-refractivity contribution >= 4 is 11.7 Å². The molecular formula is C24H22F4N4O3. The van der Waals surface area contributed by atoms with E-state index in [1.807, 2.05) is 0 Å². The molecule has 3 aromatic rings. The second-order valence-electron chi connectivity index (χ2n) is 8.27. The molecule has 0 bridgehead atoms. The van der Waals surface area contributed by atoms with Crippen molar-refractivity contribution in [3.63, 3.8) is 0 Å². The molecule has 1 unspecified atom stereocenters. The van der Waals surface area contributed by atoms with Crippen molar-refractivity contribution in [3.8, 4) is 11.5 Å². The van der Waals surface area contributed by atoms with E-state index in [2.05, 4.69) is 10.3 Å². The molecule has 3 heterocycles. The van der Waals surface area contributed by atoms with Gasteiger partial charge in [-0.1, -0.05) is 0 Å². The van der Waals surface area contributed by atoms with Crippen LogP contribution in [-0.2, 0) is 4.79 Å². The number of alkyl halides is 2. The SMILES string of the molecule is CC(C(=O)Nc1ccc(Oc2ccc(F)cc2F)cn1)N1CCC(F)(F)[C@@H](c2cc[n+]([O-])cc2)C1. The number of carbonyl (C=O) groups excluding carboxylic acids is 1. The Balaban J connectivity index is 1.39.